The number of amides is 1. The number of carbonyl (C=O) groups is 1. The van der Waals surface area contributed by atoms with Crippen molar-refractivity contribution in [1.82, 2.24) is 5.32 Å². The van der Waals surface area contributed by atoms with Crippen LogP contribution in [0.2, 0.25) is 0 Å². The average Bonchev–Trinajstić information content (AvgIpc) is 3.16. The predicted molar refractivity (Wildman–Crippen MR) is 86.9 cm³/mol. The molecule has 23 heavy (non-hydrogen) atoms. The fourth-order valence-corrected chi connectivity index (χ4v) is 2.51. The molecule has 0 bridgehead atoms. The standard InChI is InChI=1S/C18H19NO4/c1-3-21-14-6-7-16-15(11-14)12(2)17(23-16)18(20)19-9-8-13-5-4-10-22-13/h4-7,10-11H,3,8-9H2,1-2H3,(H,19,20). The number of rotatable bonds is 6. The summed E-state index contributed by atoms with van der Waals surface area (Å²) in [5.41, 5.74) is 1.50. The Bertz CT molecular complexity index is 802. The first-order chi connectivity index (χ1) is 11.2. The molecule has 0 fully saturated rings. The van der Waals surface area contributed by atoms with Crippen LogP contribution in [0.5, 0.6) is 5.75 Å². The van der Waals surface area contributed by atoms with Gasteiger partial charge in [-0.05, 0) is 44.2 Å². The Hall–Kier alpha value is -2.69. The van der Waals surface area contributed by atoms with Crippen molar-refractivity contribution < 1.29 is 18.4 Å². The lowest BCUT2D eigenvalue weighted by Gasteiger charge is -2.02. The van der Waals surface area contributed by atoms with Crippen molar-refractivity contribution in [3.8, 4) is 5.75 Å². The molecular formula is C18H19NO4. The maximum absolute atomic E-state index is 12.3. The van der Waals surface area contributed by atoms with Gasteiger partial charge in [-0.15, -0.1) is 0 Å². The molecule has 2 heterocycles. The summed E-state index contributed by atoms with van der Waals surface area (Å²) in [5.74, 6) is 1.73. The highest BCUT2D eigenvalue weighted by molar-refractivity contribution is 5.99. The predicted octanol–water partition coefficient (Wildman–Crippen LogP) is 3.71. The van der Waals surface area contributed by atoms with E-state index in [0.717, 1.165) is 22.5 Å². The van der Waals surface area contributed by atoms with Crippen LogP contribution >= 0.6 is 0 Å². The Balaban J connectivity index is 1.73. The molecule has 0 aliphatic rings. The maximum Gasteiger partial charge on any atom is 0.287 e. The smallest absolute Gasteiger partial charge is 0.287 e. The zero-order chi connectivity index (χ0) is 16.2. The fourth-order valence-electron chi connectivity index (χ4n) is 2.51. The van der Waals surface area contributed by atoms with Crippen molar-refractivity contribution >= 4 is 16.9 Å². The highest BCUT2D eigenvalue weighted by atomic mass is 16.5. The Morgan fingerprint density at radius 2 is 2.17 bits per heavy atom. The molecule has 3 aromatic rings. The summed E-state index contributed by atoms with van der Waals surface area (Å²) in [7, 11) is 0. The van der Waals surface area contributed by atoms with Gasteiger partial charge in [-0.1, -0.05) is 0 Å². The minimum absolute atomic E-state index is 0.219. The van der Waals surface area contributed by atoms with Crippen molar-refractivity contribution in [2.75, 3.05) is 13.2 Å². The Morgan fingerprint density at radius 3 is 2.91 bits per heavy atom. The van der Waals surface area contributed by atoms with E-state index in [1.54, 1.807) is 6.26 Å². The van der Waals surface area contributed by atoms with Gasteiger partial charge in [0.1, 0.15) is 17.1 Å². The molecule has 0 aliphatic carbocycles. The van der Waals surface area contributed by atoms with Crippen LogP contribution in [-0.4, -0.2) is 19.1 Å². The zero-order valence-electron chi connectivity index (χ0n) is 13.2. The second-order valence-corrected chi connectivity index (χ2v) is 5.23. The number of benzene rings is 1. The van der Waals surface area contributed by atoms with Gasteiger partial charge in [0.05, 0.1) is 12.9 Å². The highest BCUT2D eigenvalue weighted by Crippen LogP contribution is 2.28. The monoisotopic (exact) mass is 313 g/mol. The number of hydrogen-bond donors (Lipinski definition) is 1. The maximum atomic E-state index is 12.3. The number of nitrogens with one attached hydrogen (secondary N) is 1. The van der Waals surface area contributed by atoms with Crippen molar-refractivity contribution in [2.24, 2.45) is 0 Å². The van der Waals surface area contributed by atoms with E-state index < -0.39 is 0 Å². The largest absolute Gasteiger partial charge is 0.494 e. The van der Waals surface area contributed by atoms with Crippen LogP contribution in [0, 0.1) is 6.92 Å². The van der Waals surface area contributed by atoms with Gasteiger partial charge in [-0.25, -0.2) is 0 Å². The van der Waals surface area contributed by atoms with Gasteiger partial charge in [0.15, 0.2) is 5.76 Å². The molecule has 120 valence electrons. The van der Waals surface area contributed by atoms with Crippen LogP contribution in [-0.2, 0) is 6.42 Å². The van der Waals surface area contributed by atoms with E-state index >= 15 is 0 Å². The average molecular weight is 313 g/mol. The van der Waals surface area contributed by atoms with Crippen LogP contribution in [0.25, 0.3) is 11.0 Å². The molecule has 5 nitrogen and oxygen atoms in total. The van der Waals surface area contributed by atoms with Gasteiger partial charge in [-0.2, -0.15) is 0 Å². The SMILES string of the molecule is CCOc1ccc2oc(C(=O)NCCc3ccco3)c(C)c2c1. The van der Waals surface area contributed by atoms with E-state index in [-0.39, 0.29) is 5.91 Å². The molecule has 1 N–H and O–H groups in total. The first-order valence-corrected chi connectivity index (χ1v) is 7.65. The molecule has 0 radical (unpaired) electrons. The topological polar surface area (TPSA) is 64.6 Å². The van der Waals surface area contributed by atoms with Crippen molar-refractivity contribution in [3.05, 3.63) is 53.7 Å². The van der Waals surface area contributed by atoms with Gasteiger partial charge in [-0.3, -0.25) is 4.79 Å². The fraction of sp³-hybridized carbons (Fsp3) is 0.278. The number of fused-ring (bicyclic) bond motifs is 1. The molecule has 0 saturated heterocycles. The lowest BCUT2D eigenvalue weighted by molar-refractivity contribution is 0.0927. The number of ether oxygens (including phenoxy) is 1. The Kier molecular flexibility index (Phi) is 4.37. The van der Waals surface area contributed by atoms with Crippen LogP contribution in [0.15, 0.2) is 45.4 Å². The molecule has 0 unspecified atom stereocenters. The molecule has 1 aromatic carbocycles. The number of aryl methyl sites for hydroxylation is 1. The second-order valence-electron chi connectivity index (χ2n) is 5.23. The second kappa shape index (κ2) is 6.60. The van der Waals surface area contributed by atoms with E-state index in [1.165, 1.54) is 0 Å². The van der Waals surface area contributed by atoms with E-state index in [9.17, 15) is 4.79 Å². The molecule has 5 heteroatoms. The first-order valence-electron chi connectivity index (χ1n) is 7.65. The molecule has 3 rings (SSSR count). The molecule has 0 atom stereocenters. The quantitative estimate of drug-likeness (QED) is 0.753. The van der Waals surface area contributed by atoms with Crippen LogP contribution in [0.4, 0.5) is 0 Å². The van der Waals surface area contributed by atoms with Gasteiger partial charge in [0.25, 0.3) is 5.91 Å². The number of hydrogen-bond acceptors (Lipinski definition) is 4. The number of carbonyl (C=O) groups excluding carboxylic acids is 1. The summed E-state index contributed by atoms with van der Waals surface area (Å²) >= 11 is 0. The van der Waals surface area contributed by atoms with E-state index in [0.29, 0.717) is 30.9 Å². The van der Waals surface area contributed by atoms with Gasteiger partial charge in [0, 0.05) is 23.9 Å². The van der Waals surface area contributed by atoms with E-state index in [2.05, 4.69) is 5.32 Å². The summed E-state index contributed by atoms with van der Waals surface area (Å²) in [5, 5.41) is 3.75. The van der Waals surface area contributed by atoms with E-state index in [1.807, 2.05) is 44.2 Å². The van der Waals surface area contributed by atoms with Crippen LogP contribution < -0.4 is 10.1 Å². The Morgan fingerprint density at radius 1 is 1.30 bits per heavy atom. The summed E-state index contributed by atoms with van der Waals surface area (Å²) in [6, 6.07) is 9.28. The normalized spacial score (nSPS) is 10.9. The van der Waals surface area contributed by atoms with Gasteiger partial charge >= 0.3 is 0 Å². The van der Waals surface area contributed by atoms with Crippen molar-refractivity contribution in [1.29, 1.82) is 0 Å². The van der Waals surface area contributed by atoms with E-state index in [4.69, 9.17) is 13.6 Å². The molecule has 1 amide bonds. The Labute approximate surface area is 134 Å². The highest BCUT2D eigenvalue weighted by Gasteiger charge is 2.17. The molecule has 2 aromatic heterocycles. The first kappa shape index (κ1) is 15.2. The minimum atomic E-state index is -0.219. The summed E-state index contributed by atoms with van der Waals surface area (Å²) in [6.45, 7) is 4.91. The third kappa shape index (κ3) is 3.23. The summed E-state index contributed by atoms with van der Waals surface area (Å²) < 4.78 is 16.4. The summed E-state index contributed by atoms with van der Waals surface area (Å²) in [6.07, 6.45) is 2.27. The minimum Gasteiger partial charge on any atom is -0.494 e. The molecule has 0 spiro atoms. The lowest BCUT2D eigenvalue weighted by Crippen LogP contribution is -2.25. The molecule has 0 saturated carbocycles. The third-order valence-electron chi connectivity index (χ3n) is 3.66. The van der Waals surface area contributed by atoms with Gasteiger partial charge in [0.2, 0.25) is 0 Å². The number of furan rings is 2. The van der Waals surface area contributed by atoms with Crippen molar-refractivity contribution in [3.63, 3.8) is 0 Å². The molecule has 0 aliphatic heterocycles. The van der Waals surface area contributed by atoms with Crippen molar-refractivity contribution in [2.45, 2.75) is 20.3 Å². The van der Waals surface area contributed by atoms with Crippen LogP contribution in [0.1, 0.15) is 28.8 Å². The van der Waals surface area contributed by atoms with Crippen LogP contribution in [0.3, 0.4) is 0 Å². The molecular weight excluding hydrogens is 294 g/mol. The summed E-state index contributed by atoms with van der Waals surface area (Å²) in [4.78, 5) is 12.3. The third-order valence-corrected chi connectivity index (χ3v) is 3.66. The van der Waals surface area contributed by atoms with Gasteiger partial charge < -0.3 is 18.9 Å². The lowest BCUT2D eigenvalue weighted by atomic mass is 10.1. The zero-order valence-corrected chi connectivity index (χ0v) is 13.2.